The van der Waals surface area contributed by atoms with E-state index in [1.807, 2.05) is 0 Å². The predicted octanol–water partition coefficient (Wildman–Crippen LogP) is 2.23. The van der Waals surface area contributed by atoms with Crippen LogP contribution in [0.3, 0.4) is 0 Å². The quantitative estimate of drug-likeness (QED) is 0.895. The van der Waals surface area contributed by atoms with E-state index in [2.05, 4.69) is 5.32 Å². The lowest BCUT2D eigenvalue weighted by atomic mass is 10.0. The molecule has 0 aliphatic carbocycles. The van der Waals surface area contributed by atoms with Gasteiger partial charge in [0, 0.05) is 25.1 Å². The van der Waals surface area contributed by atoms with Crippen molar-refractivity contribution in [1.29, 1.82) is 0 Å². The number of halogens is 2. The summed E-state index contributed by atoms with van der Waals surface area (Å²) in [7, 11) is 0. The molecule has 2 N–H and O–H groups in total. The van der Waals surface area contributed by atoms with Gasteiger partial charge in [-0.15, -0.1) is 0 Å². The van der Waals surface area contributed by atoms with Crippen LogP contribution in [0, 0.1) is 11.6 Å². The molecule has 4 nitrogen and oxygen atoms in total. The minimum Gasteiger partial charge on any atom is -0.394 e. The highest BCUT2D eigenvalue weighted by Crippen LogP contribution is 2.20. The number of hydrogen-bond donors (Lipinski definition) is 2. The molecule has 21 heavy (non-hydrogen) atoms. The van der Waals surface area contributed by atoms with Gasteiger partial charge in [-0.3, -0.25) is 0 Å². The number of hydrogen-bond acceptors (Lipinski definition) is 2. The van der Waals surface area contributed by atoms with Crippen molar-refractivity contribution >= 4 is 6.03 Å². The Morgan fingerprint density at radius 2 is 2.29 bits per heavy atom. The number of aliphatic hydroxyl groups excluding tert-OH is 1. The van der Waals surface area contributed by atoms with Crippen LogP contribution in [0.4, 0.5) is 13.6 Å². The van der Waals surface area contributed by atoms with E-state index >= 15 is 0 Å². The Morgan fingerprint density at radius 3 is 2.95 bits per heavy atom. The van der Waals surface area contributed by atoms with Crippen molar-refractivity contribution in [2.24, 2.45) is 0 Å². The van der Waals surface area contributed by atoms with Crippen LogP contribution in [0.2, 0.25) is 0 Å². The standard InChI is InChI=1S/C15H20F2N2O2/c1-10(13-5-4-11(16)7-14(13)17)8-18-15(21)19-6-2-3-12(19)9-20/h4-5,7,10,12,20H,2-3,6,8-9H2,1H3,(H,18,21)/t10-,12-/m0/s1. The van der Waals surface area contributed by atoms with Crippen molar-refractivity contribution in [1.82, 2.24) is 10.2 Å². The third kappa shape index (κ3) is 3.69. The van der Waals surface area contributed by atoms with Gasteiger partial charge >= 0.3 is 6.03 Å². The van der Waals surface area contributed by atoms with Gasteiger partial charge in [0.2, 0.25) is 0 Å². The van der Waals surface area contributed by atoms with E-state index in [9.17, 15) is 18.7 Å². The van der Waals surface area contributed by atoms with Crippen LogP contribution < -0.4 is 5.32 Å². The van der Waals surface area contributed by atoms with Crippen LogP contribution in [0.5, 0.6) is 0 Å². The van der Waals surface area contributed by atoms with Crippen molar-refractivity contribution in [2.45, 2.75) is 31.7 Å². The second-order valence-corrected chi connectivity index (χ2v) is 5.42. The van der Waals surface area contributed by atoms with E-state index in [0.29, 0.717) is 12.1 Å². The Morgan fingerprint density at radius 1 is 1.52 bits per heavy atom. The number of benzene rings is 1. The third-order valence-electron chi connectivity index (χ3n) is 3.90. The molecule has 1 saturated heterocycles. The Balaban J connectivity index is 1.91. The van der Waals surface area contributed by atoms with Crippen molar-refractivity contribution < 1.29 is 18.7 Å². The predicted molar refractivity (Wildman–Crippen MR) is 75.0 cm³/mol. The molecule has 0 radical (unpaired) electrons. The number of carbonyl (C=O) groups is 1. The summed E-state index contributed by atoms with van der Waals surface area (Å²) in [6, 6.07) is 3.06. The van der Waals surface area contributed by atoms with Crippen LogP contribution in [0.1, 0.15) is 31.2 Å². The second-order valence-electron chi connectivity index (χ2n) is 5.42. The van der Waals surface area contributed by atoms with Crippen LogP contribution in [-0.4, -0.2) is 41.8 Å². The largest absolute Gasteiger partial charge is 0.394 e. The highest BCUT2D eigenvalue weighted by atomic mass is 19.1. The zero-order valence-corrected chi connectivity index (χ0v) is 12.0. The van der Waals surface area contributed by atoms with Crippen molar-refractivity contribution in [3.8, 4) is 0 Å². The Labute approximate surface area is 122 Å². The van der Waals surface area contributed by atoms with Gasteiger partial charge in [-0.2, -0.15) is 0 Å². The zero-order valence-electron chi connectivity index (χ0n) is 12.0. The smallest absolute Gasteiger partial charge is 0.317 e. The van der Waals surface area contributed by atoms with Crippen LogP contribution >= 0.6 is 0 Å². The van der Waals surface area contributed by atoms with Gasteiger partial charge in [0.25, 0.3) is 0 Å². The highest BCUT2D eigenvalue weighted by Gasteiger charge is 2.28. The molecule has 0 bridgehead atoms. The van der Waals surface area contributed by atoms with E-state index in [-0.39, 0.29) is 31.1 Å². The number of amides is 2. The average molecular weight is 298 g/mol. The zero-order chi connectivity index (χ0) is 15.4. The first kappa shape index (κ1) is 15.7. The molecule has 1 aliphatic rings. The molecule has 6 heteroatoms. The van der Waals surface area contributed by atoms with E-state index in [0.717, 1.165) is 18.9 Å². The number of urea groups is 1. The summed E-state index contributed by atoms with van der Waals surface area (Å²) in [6.45, 7) is 2.60. The number of carbonyl (C=O) groups excluding carboxylic acids is 1. The maximum absolute atomic E-state index is 13.6. The molecule has 0 saturated carbocycles. The molecule has 0 unspecified atom stereocenters. The first-order chi connectivity index (χ1) is 10.0. The van der Waals surface area contributed by atoms with Gasteiger partial charge < -0.3 is 15.3 Å². The molecule has 1 aliphatic heterocycles. The fourth-order valence-electron chi connectivity index (χ4n) is 2.65. The molecule has 0 aromatic heterocycles. The first-order valence-corrected chi connectivity index (χ1v) is 7.13. The average Bonchev–Trinajstić information content (AvgIpc) is 2.92. The van der Waals surface area contributed by atoms with Gasteiger partial charge in [-0.25, -0.2) is 13.6 Å². The fraction of sp³-hybridized carbons (Fsp3) is 0.533. The molecule has 1 fully saturated rings. The lowest BCUT2D eigenvalue weighted by Crippen LogP contribution is -2.45. The normalized spacial score (nSPS) is 19.6. The Kier molecular flexibility index (Phi) is 5.12. The van der Waals surface area contributed by atoms with Crippen LogP contribution in [-0.2, 0) is 0 Å². The fourth-order valence-corrected chi connectivity index (χ4v) is 2.65. The lowest BCUT2D eigenvalue weighted by Gasteiger charge is -2.24. The summed E-state index contributed by atoms with van der Waals surface area (Å²) < 4.78 is 26.5. The van der Waals surface area contributed by atoms with E-state index in [4.69, 9.17) is 0 Å². The monoisotopic (exact) mass is 298 g/mol. The van der Waals surface area contributed by atoms with Gasteiger partial charge in [-0.1, -0.05) is 13.0 Å². The summed E-state index contributed by atoms with van der Waals surface area (Å²) in [6.07, 6.45) is 1.67. The minimum atomic E-state index is -0.615. The minimum absolute atomic E-state index is 0.0461. The van der Waals surface area contributed by atoms with Gasteiger partial charge in [0.15, 0.2) is 0 Å². The summed E-state index contributed by atoms with van der Waals surface area (Å²) in [5, 5.41) is 11.9. The van der Waals surface area contributed by atoms with E-state index in [1.165, 1.54) is 12.1 Å². The maximum Gasteiger partial charge on any atom is 0.317 e. The lowest BCUT2D eigenvalue weighted by molar-refractivity contribution is 0.157. The molecular weight excluding hydrogens is 278 g/mol. The molecule has 1 heterocycles. The summed E-state index contributed by atoms with van der Waals surface area (Å²) in [4.78, 5) is 13.6. The van der Waals surface area contributed by atoms with Crippen molar-refractivity contribution in [2.75, 3.05) is 19.7 Å². The second kappa shape index (κ2) is 6.85. The molecule has 2 rings (SSSR count). The molecule has 1 aromatic carbocycles. The van der Waals surface area contributed by atoms with Crippen molar-refractivity contribution in [3.05, 3.63) is 35.4 Å². The van der Waals surface area contributed by atoms with Gasteiger partial charge in [0.05, 0.1) is 12.6 Å². The summed E-state index contributed by atoms with van der Waals surface area (Å²) >= 11 is 0. The molecule has 1 aromatic rings. The Hall–Kier alpha value is -1.69. The molecule has 2 atom stereocenters. The highest BCUT2D eigenvalue weighted by molar-refractivity contribution is 5.74. The van der Waals surface area contributed by atoms with Gasteiger partial charge in [0.1, 0.15) is 11.6 Å². The van der Waals surface area contributed by atoms with E-state index in [1.54, 1.807) is 11.8 Å². The maximum atomic E-state index is 13.6. The van der Waals surface area contributed by atoms with E-state index < -0.39 is 11.6 Å². The summed E-state index contributed by atoms with van der Waals surface area (Å²) in [5.41, 5.74) is 0.372. The molecule has 0 spiro atoms. The number of rotatable bonds is 4. The number of likely N-dealkylation sites (tertiary alicyclic amines) is 1. The molecular formula is C15H20F2N2O2. The third-order valence-corrected chi connectivity index (χ3v) is 3.90. The summed E-state index contributed by atoms with van der Waals surface area (Å²) in [5.74, 6) is -1.48. The Bertz CT molecular complexity index is 510. The number of nitrogens with zero attached hydrogens (tertiary/aromatic N) is 1. The van der Waals surface area contributed by atoms with Gasteiger partial charge in [-0.05, 0) is 24.5 Å². The van der Waals surface area contributed by atoms with Crippen LogP contribution in [0.15, 0.2) is 18.2 Å². The molecule has 2 amide bonds. The van der Waals surface area contributed by atoms with Crippen molar-refractivity contribution in [3.63, 3.8) is 0 Å². The molecule has 116 valence electrons. The first-order valence-electron chi connectivity index (χ1n) is 7.13. The number of nitrogens with one attached hydrogen (secondary N) is 1. The van der Waals surface area contributed by atoms with Crippen LogP contribution in [0.25, 0.3) is 0 Å². The topological polar surface area (TPSA) is 52.6 Å². The number of aliphatic hydroxyl groups is 1. The SMILES string of the molecule is C[C@@H](CNC(=O)N1CCC[C@H]1CO)c1ccc(F)cc1F.